The van der Waals surface area contributed by atoms with Crippen molar-refractivity contribution in [2.45, 2.75) is 32.6 Å². The summed E-state index contributed by atoms with van der Waals surface area (Å²) in [7, 11) is 0. The fourth-order valence-corrected chi connectivity index (χ4v) is 3.45. The van der Waals surface area contributed by atoms with Crippen molar-refractivity contribution >= 4 is 28.2 Å². The molecule has 1 saturated carbocycles. The summed E-state index contributed by atoms with van der Waals surface area (Å²) in [5, 5.41) is 16.1. The summed E-state index contributed by atoms with van der Waals surface area (Å²) in [4.78, 5) is 16.7. The van der Waals surface area contributed by atoms with E-state index in [1.165, 1.54) is 11.3 Å². The fourth-order valence-electron chi connectivity index (χ4n) is 2.59. The zero-order chi connectivity index (χ0) is 14.6. The molecule has 7 heteroatoms. The number of nitrogen functional groups attached to an aromatic ring is 1. The van der Waals surface area contributed by atoms with Crippen LogP contribution in [0.3, 0.4) is 0 Å². The molecule has 1 aliphatic carbocycles. The van der Waals surface area contributed by atoms with Gasteiger partial charge in [-0.05, 0) is 19.8 Å². The highest BCUT2D eigenvalue weighted by Gasteiger charge is 2.33. The van der Waals surface area contributed by atoms with Crippen molar-refractivity contribution in [2.24, 2.45) is 5.41 Å². The summed E-state index contributed by atoms with van der Waals surface area (Å²) in [5.74, 6) is 0.0526. The summed E-state index contributed by atoms with van der Waals surface area (Å²) in [5.41, 5.74) is 5.62. The summed E-state index contributed by atoms with van der Waals surface area (Å²) in [6.45, 7) is 3.31. The van der Waals surface area contributed by atoms with Gasteiger partial charge in [0.2, 0.25) is 0 Å². The average molecular weight is 298 g/mol. The van der Waals surface area contributed by atoms with Crippen LogP contribution in [0, 0.1) is 5.41 Å². The van der Waals surface area contributed by atoms with Gasteiger partial charge in [-0.15, -0.1) is 0 Å². The molecule has 1 heterocycles. The largest absolute Gasteiger partial charge is 0.396 e. The second kappa shape index (κ2) is 6.41. The Morgan fingerprint density at radius 1 is 1.50 bits per heavy atom. The van der Waals surface area contributed by atoms with E-state index in [-0.39, 0.29) is 23.7 Å². The lowest BCUT2D eigenvalue weighted by Gasteiger charge is -2.26. The van der Waals surface area contributed by atoms with Crippen molar-refractivity contribution < 1.29 is 9.90 Å². The van der Waals surface area contributed by atoms with Crippen LogP contribution in [0.4, 0.5) is 10.9 Å². The fraction of sp³-hybridized carbons (Fsp3) is 0.692. The minimum absolute atomic E-state index is 0.119. The van der Waals surface area contributed by atoms with E-state index in [9.17, 15) is 9.90 Å². The number of nitrogens with one attached hydrogen (secondary N) is 2. The smallest absolute Gasteiger partial charge is 0.265 e. The standard InChI is InChI=1S/C13H22N4O2S/c1-2-15-12-17-10(14)9(20-12)11(19)16-7-13(8-18)5-3-4-6-13/h18H,2-8,14H2,1H3,(H,15,17)(H,16,19). The number of aromatic nitrogens is 1. The number of carbonyl (C=O) groups excluding carboxylic acids is 1. The van der Waals surface area contributed by atoms with E-state index in [1.807, 2.05) is 6.92 Å². The molecular formula is C13H22N4O2S. The van der Waals surface area contributed by atoms with E-state index in [0.29, 0.717) is 16.6 Å². The van der Waals surface area contributed by atoms with Crippen LogP contribution in [-0.4, -0.2) is 35.7 Å². The number of hydrogen-bond acceptors (Lipinski definition) is 6. The maximum atomic E-state index is 12.2. The number of nitrogens with zero attached hydrogens (tertiary/aromatic N) is 1. The van der Waals surface area contributed by atoms with Crippen molar-refractivity contribution in [3.63, 3.8) is 0 Å². The molecule has 2 rings (SSSR count). The molecule has 112 valence electrons. The first-order chi connectivity index (χ1) is 9.60. The van der Waals surface area contributed by atoms with Crippen molar-refractivity contribution in [1.82, 2.24) is 10.3 Å². The Bertz CT molecular complexity index is 469. The number of hydrogen-bond donors (Lipinski definition) is 4. The molecule has 0 radical (unpaired) electrons. The zero-order valence-corrected chi connectivity index (χ0v) is 12.6. The Labute approximate surface area is 122 Å². The van der Waals surface area contributed by atoms with Crippen LogP contribution in [0.15, 0.2) is 0 Å². The van der Waals surface area contributed by atoms with Gasteiger partial charge in [-0.1, -0.05) is 24.2 Å². The van der Waals surface area contributed by atoms with Gasteiger partial charge in [-0.25, -0.2) is 4.98 Å². The molecule has 0 bridgehead atoms. The van der Waals surface area contributed by atoms with Crippen LogP contribution in [0.1, 0.15) is 42.3 Å². The lowest BCUT2D eigenvalue weighted by Crippen LogP contribution is -2.38. The monoisotopic (exact) mass is 298 g/mol. The highest BCUT2D eigenvalue weighted by molar-refractivity contribution is 7.18. The van der Waals surface area contributed by atoms with Gasteiger partial charge in [0.05, 0.1) is 6.61 Å². The van der Waals surface area contributed by atoms with Crippen LogP contribution >= 0.6 is 11.3 Å². The Balaban J connectivity index is 1.97. The molecule has 0 saturated heterocycles. The molecule has 0 spiro atoms. The van der Waals surface area contributed by atoms with E-state index < -0.39 is 0 Å². The lowest BCUT2D eigenvalue weighted by molar-refractivity contribution is 0.0885. The molecule has 0 atom stereocenters. The van der Waals surface area contributed by atoms with Crippen molar-refractivity contribution in [1.29, 1.82) is 0 Å². The summed E-state index contributed by atoms with van der Waals surface area (Å²) < 4.78 is 0. The minimum Gasteiger partial charge on any atom is -0.396 e. The number of thiazole rings is 1. The zero-order valence-electron chi connectivity index (χ0n) is 11.7. The number of amides is 1. The van der Waals surface area contributed by atoms with Gasteiger partial charge >= 0.3 is 0 Å². The van der Waals surface area contributed by atoms with E-state index in [2.05, 4.69) is 15.6 Å². The number of aliphatic hydroxyl groups is 1. The number of anilines is 2. The quantitative estimate of drug-likeness (QED) is 0.637. The third-order valence-electron chi connectivity index (χ3n) is 3.81. The topological polar surface area (TPSA) is 100 Å². The number of carbonyl (C=O) groups is 1. The number of rotatable bonds is 6. The Morgan fingerprint density at radius 2 is 2.20 bits per heavy atom. The van der Waals surface area contributed by atoms with Crippen LogP contribution in [0.2, 0.25) is 0 Å². The van der Waals surface area contributed by atoms with Crippen molar-refractivity contribution in [2.75, 3.05) is 30.7 Å². The molecule has 0 unspecified atom stereocenters. The predicted octanol–water partition coefficient (Wildman–Crippen LogP) is 1.44. The number of nitrogens with two attached hydrogens (primary N) is 1. The van der Waals surface area contributed by atoms with Gasteiger partial charge in [-0.2, -0.15) is 0 Å². The lowest BCUT2D eigenvalue weighted by atomic mass is 9.87. The molecule has 0 aliphatic heterocycles. The van der Waals surface area contributed by atoms with E-state index in [4.69, 9.17) is 5.73 Å². The Hall–Kier alpha value is -1.34. The van der Waals surface area contributed by atoms with Crippen LogP contribution < -0.4 is 16.4 Å². The van der Waals surface area contributed by atoms with Gasteiger partial charge < -0.3 is 21.5 Å². The van der Waals surface area contributed by atoms with Crippen molar-refractivity contribution in [3.8, 4) is 0 Å². The summed E-state index contributed by atoms with van der Waals surface area (Å²) >= 11 is 1.26. The van der Waals surface area contributed by atoms with E-state index in [1.54, 1.807) is 0 Å². The van der Waals surface area contributed by atoms with Crippen LogP contribution in [0.5, 0.6) is 0 Å². The highest BCUT2D eigenvalue weighted by Crippen LogP contribution is 2.37. The minimum atomic E-state index is -0.205. The maximum Gasteiger partial charge on any atom is 0.265 e. The molecule has 0 aromatic carbocycles. The van der Waals surface area contributed by atoms with Gasteiger partial charge in [0.1, 0.15) is 10.7 Å². The third kappa shape index (κ3) is 3.21. The number of aliphatic hydroxyl groups excluding tert-OH is 1. The van der Waals surface area contributed by atoms with Gasteiger partial charge in [0.15, 0.2) is 5.13 Å². The summed E-state index contributed by atoms with van der Waals surface area (Å²) in [6.07, 6.45) is 4.16. The molecule has 1 aromatic heterocycles. The predicted molar refractivity (Wildman–Crippen MR) is 81.0 cm³/mol. The van der Waals surface area contributed by atoms with E-state index in [0.717, 1.165) is 32.2 Å². The van der Waals surface area contributed by atoms with Gasteiger partial charge in [0, 0.05) is 18.5 Å². The Kier molecular flexibility index (Phi) is 4.82. The van der Waals surface area contributed by atoms with Crippen molar-refractivity contribution in [3.05, 3.63) is 4.88 Å². The van der Waals surface area contributed by atoms with E-state index >= 15 is 0 Å². The highest BCUT2D eigenvalue weighted by atomic mass is 32.1. The molecule has 1 amide bonds. The SMILES string of the molecule is CCNc1nc(N)c(C(=O)NCC2(CO)CCCC2)s1. The molecule has 1 aliphatic rings. The normalized spacial score (nSPS) is 17.1. The van der Waals surface area contributed by atoms with Gasteiger partial charge in [0.25, 0.3) is 5.91 Å². The maximum absolute atomic E-state index is 12.2. The average Bonchev–Trinajstić information content (AvgIpc) is 3.04. The molecule has 1 aromatic rings. The Morgan fingerprint density at radius 3 is 2.80 bits per heavy atom. The van der Waals surface area contributed by atoms with Crippen LogP contribution in [-0.2, 0) is 0 Å². The molecule has 6 nitrogen and oxygen atoms in total. The second-order valence-electron chi connectivity index (χ2n) is 5.31. The first-order valence-electron chi connectivity index (χ1n) is 6.99. The second-order valence-corrected chi connectivity index (χ2v) is 6.31. The first kappa shape index (κ1) is 15.1. The molecule has 5 N–H and O–H groups in total. The van der Waals surface area contributed by atoms with Crippen LogP contribution in [0.25, 0.3) is 0 Å². The molecule has 20 heavy (non-hydrogen) atoms. The molecule has 1 fully saturated rings. The first-order valence-corrected chi connectivity index (χ1v) is 7.81. The van der Waals surface area contributed by atoms with Gasteiger partial charge in [-0.3, -0.25) is 4.79 Å². The third-order valence-corrected chi connectivity index (χ3v) is 4.84. The summed E-state index contributed by atoms with van der Waals surface area (Å²) in [6, 6.07) is 0. The molecular weight excluding hydrogens is 276 g/mol.